The third kappa shape index (κ3) is 6.49. The molecule has 0 fully saturated rings. The van der Waals surface area contributed by atoms with E-state index in [9.17, 15) is 18.0 Å². The summed E-state index contributed by atoms with van der Waals surface area (Å²) in [4.78, 5) is 21.4. The van der Waals surface area contributed by atoms with E-state index in [0.717, 1.165) is 16.5 Å². The SMILES string of the molecule is CC(C)=NOC(C)C(=O)Nc1ccc2nc(SCCC(F)(F)F)sc2c1. The van der Waals surface area contributed by atoms with Crippen molar-refractivity contribution in [1.29, 1.82) is 0 Å². The highest BCUT2D eigenvalue weighted by atomic mass is 32.2. The molecule has 0 spiro atoms. The molecule has 0 saturated carbocycles. The maximum atomic E-state index is 12.2. The molecule has 1 aromatic carbocycles. The van der Waals surface area contributed by atoms with E-state index in [0.29, 0.717) is 21.3 Å². The number of hydrogen-bond acceptors (Lipinski definition) is 6. The first-order valence-corrected chi connectivity index (χ1v) is 9.52. The second-order valence-electron chi connectivity index (χ2n) is 5.65. The third-order valence-electron chi connectivity index (χ3n) is 3.01. The number of thiazole rings is 1. The van der Waals surface area contributed by atoms with Crippen molar-refractivity contribution >= 4 is 50.6 Å². The van der Waals surface area contributed by atoms with Crippen molar-refractivity contribution in [2.45, 2.75) is 43.8 Å². The average molecular weight is 405 g/mol. The Morgan fingerprint density at radius 1 is 1.42 bits per heavy atom. The molecule has 26 heavy (non-hydrogen) atoms. The van der Waals surface area contributed by atoms with Crippen LogP contribution < -0.4 is 5.32 Å². The van der Waals surface area contributed by atoms with Gasteiger partial charge in [0, 0.05) is 11.4 Å². The van der Waals surface area contributed by atoms with E-state index in [-0.39, 0.29) is 11.7 Å². The number of fused-ring (bicyclic) bond motifs is 1. The van der Waals surface area contributed by atoms with E-state index in [1.54, 1.807) is 39.0 Å². The van der Waals surface area contributed by atoms with Gasteiger partial charge in [-0.05, 0) is 39.0 Å². The molecule has 2 rings (SSSR count). The quantitative estimate of drug-likeness (QED) is 0.396. The normalized spacial score (nSPS) is 12.7. The fourth-order valence-corrected chi connectivity index (χ4v) is 3.94. The highest BCUT2D eigenvalue weighted by molar-refractivity contribution is 8.01. The fraction of sp³-hybridized carbons (Fsp3) is 0.438. The van der Waals surface area contributed by atoms with Gasteiger partial charge in [-0.15, -0.1) is 11.3 Å². The molecule has 0 saturated heterocycles. The summed E-state index contributed by atoms with van der Waals surface area (Å²) >= 11 is 2.36. The molecule has 0 aliphatic heterocycles. The largest absolute Gasteiger partial charge is 0.389 e. The number of aromatic nitrogens is 1. The van der Waals surface area contributed by atoms with Gasteiger partial charge in [-0.25, -0.2) is 4.98 Å². The number of carbonyl (C=O) groups excluding carboxylic acids is 1. The number of benzene rings is 1. The number of carbonyl (C=O) groups is 1. The maximum Gasteiger partial charge on any atom is 0.389 e. The summed E-state index contributed by atoms with van der Waals surface area (Å²) in [5, 5.41) is 6.47. The number of nitrogens with one attached hydrogen (secondary N) is 1. The first-order chi connectivity index (χ1) is 12.1. The molecule has 1 N–H and O–H groups in total. The molecule has 0 radical (unpaired) electrons. The number of thioether (sulfide) groups is 1. The van der Waals surface area contributed by atoms with Crippen LogP contribution >= 0.6 is 23.1 Å². The number of nitrogens with zero attached hydrogens (tertiary/aromatic N) is 2. The molecule has 10 heteroatoms. The standard InChI is InChI=1S/C16H18F3N3O2S2/c1-9(2)22-24-10(3)14(23)20-11-4-5-12-13(8-11)26-15(21-12)25-7-6-16(17,18)19/h4-5,8,10H,6-7H2,1-3H3,(H,20,23). The molecular weight excluding hydrogens is 387 g/mol. The summed E-state index contributed by atoms with van der Waals surface area (Å²) in [6.07, 6.45) is -5.78. The third-order valence-corrected chi connectivity index (χ3v) is 5.17. The minimum atomic E-state index is -4.17. The van der Waals surface area contributed by atoms with Gasteiger partial charge < -0.3 is 10.2 Å². The van der Waals surface area contributed by atoms with Gasteiger partial charge in [0.15, 0.2) is 4.34 Å². The molecule has 1 amide bonds. The van der Waals surface area contributed by atoms with E-state index in [1.807, 2.05) is 0 Å². The lowest BCUT2D eigenvalue weighted by Gasteiger charge is -2.10. The lowest BCUT2D eigenvalue weighted by molar-refractivity contribution is -0.129. The van der Waals surface area contributed by atoms with Crippen molar-refractivity contribution in [2.75, 3.05) is 11.1 Å². The molecule has 1 unspecified atom stereocenters. The Kier molecular flexibility index (Phi) is 6.87. The van der Waals surface area contributed by atoms with E-state index in [2.05, 4.69) is 15.5 Å². The van der Waals surface area contributed by atoms with E-state index in [1.165, 1.54) is 11.3 Å². The van der Waals surface area contributed by atoms with Crippen molar-refractivity contribution in [3.8, 4) is 0 Å². The second kappa shape index (κ2) is 8.72. The van der Waals surface area contributed by atoms with E-state index in [4.69, 9.17) is 4.84 Å². The lowest BCUT2D eigenvalue weighted by atomic mass is 10.3. The van der Waals surface area contributed by atoms with Crippen LogP contribution in [0.4, 0.5) is 18.9 Å². The zero-order valence-electron chi connectivity index (χ0n) is 14.4. The molecular formula is C16H18F3N3O2S2. The van der Waals surface area contributed by atoms with E-state index >= 15 is 0 Å². The minimum absolute atomic E-state index is 0.0703. The molecule has 2 aromatic rings. The Morgan fingerprint density at radius 3 is 2.81 bits per heavy atom. The van der Waals surface area contributed by atoms with Crippen LogP contribution in [0, 0.1) is 0 Å². The predicted octanol–water partition coefficient (Wildman–Crippen LogP) is 5.08. The molecule has 1 heterocycles. The number of halogens is 3. The van der Waals surface area contributed by atoms with Crippen LogP contribution in [0.5, 0.6) is 0 Å². The van der Waals surface area contributed by atoms with Crippen LogP contribution in [0.15, 0.2) is 27.7 Å². The summed E-state index contributed by atoms with van der Waals surface area (Å²) in [5.74, 6) is -0.419. The van der Waals surface area contributed by atoms with Crippen LogP contribution in [0.25, 0.3) is 10.2 Å². The van der Waals surface area contributed by atoms with Gasteiger partial charge in [-0.2, -0.15) is 13.2 Å². The van der Waals surface area contributed by atoms with Gasteiger partial charge >= 0.3 is 6.18 Å². The Balaban J connectivity index is 2.00. The summed E-state index contributed by atoms with van der Waals surface area (Å²) in [6, 6.07) is 5.14. The summed E-state index contributed by atoms with van der Waals surface area (Å²) < 4.78 is 38.0. The topological polar surface area (TPSA) is 63.6 Å². The van der Waals surface area contributed by atoms with Crippen LogP contribution in [-0.4, -0.2) is 34.6 Å². The zero-order chi connectivity index (χ0) is 19.3. The first kappa shape index (κ1) is 20.5. The van der Waals surface area contributed by atoms with Crippen LogP contribution in [0.3, 0.4) is 0 Å². The summed E-state index contributed by atoms with van der Waals surface area (Å²) in [6.45, 7) is 5.10. The smallest absolute Gasteiger partial charge is 0.383 e. The van der Waals surface area contributed by atoms with Crippen LogP contribution in [0.2, 0.25) is 0 Å². The molecule has 0 aliphatic rings. The van der Waals surface area contributed by atoms with Crippen molar-refractivity contribution < 1.29 is 22.8 Å². The Morgan fingerprint density at radius 2 is 2.15 bits per heavy atom. The summed E-state index contributed by atoms with van der Waals surface area (Å²) in [7, 11) is 0. The predicted molar refractivity (Wildman–Crippen MR) is 99.0 cm³/mol. The molecule has 1 atom stereocenters. The van der Waals surface area contributed by atoms with Crippen LogP contribution in [0.1, 0.15) is 27.2 Å². The number of hydrogen-bond donors (Lipinski definition) is 1. The lowest BCUT2D eigenvalue weighted by Crippen LogP contribution is -2.26. The molecule has 1 aromatic heterocycles. The Hall–Kier alpha value is -1.81. The number of anilines is 1. The van der Waals surface area contributed by atoms with Crippen LogP contribution in [-0.2, 0) is 9.63 Å². The number of amides is 1. The summed E-state index contributed by atoms with van der Waals surface area (Å²) in [5.41, 5.74) is 1.94. The fourth-order valence-electron chi connectivity index (χ4n) is 1.77. The molecule has 142 valence electrons. The average Bonchev–Trinajstić information content (AvgIpc) is 2.93. The van der Waals surface area contributed by atoms with Crippen molar-refractivity contribution in [3.63, 3.8) is 0 Å². The first-order valence-electron chi connectivity index (χ1n) is 7.72. The van der Waals surface area contributed by atoms with Crippen molar-refractivity contribution in [3.05, 3.63) is 18.2 Å². The monoisotopic (exact) mass is 405 g/mol. The van der Waals surface area contributed by atoms with Gasteiger partial charge in [0.05, 0.1) is 22.3 Å². The second-order valence-corrected chi connectivity index (χ2v) is 8.02. The highest BCUT2D eigenvalue weighted by Crippen LogP contribution is 2.33. The molecule has 0 bridgehead atoms. The molecule has 5 nitrogen and oxygen atoms in total. The van der Waals surface area contributed by atoms with Gasteiger partial charge in [-0.1, -0.05) is 16.9 Å². The van der Waals surface area contributed by atoms with Crippen molar-refractivity contribution in [1.82, 2.24) is 4.98 Å². The van der Waals surface area contributed by atoms with Gasteiger partial charge in [0.25, 0.3) is 5.91 Å². The minimum Gasteiger partial charge on any atom is -0.383 e. The number of alkyl halides is 3. The zero-order valence-corrected chi connectivity index (χ0v) is 16.0. The maximum absolute atomic E-state index is 12.2. The Labute approximate surface area is 157 Å². The van der Waals surface area contributed by atoms with Gasteiger partial charge in [0.1, 0.15) is 0 Å². The molecule has 0 aliphatic carbocycles. The Bertz CT molecular complexity index is 802. The van der Waals surface area contributed by atoms with Gasteiger partial charge in [0.2, 0.25) is 6.10 Å². The highest BCUT2D eigenvalue weighted by Gasteiger charge is 2.26. The van der Waals surface area contributed by atoms with Gasteiger partial charge in [-0.3, -0.25) is 4.79 Å². The number of oxime groups is 1. The number of rotatable bonds is 7. The van der Waals surface area contributed by atoms with Crippen molar-refractivity contribution in [2.24, 2.45) is 5.16 Å². The van der Waals surface area contributed by atoms with E-state index < -0.39 is 18.7 Å².